The Morgan fingerprint density at radius 3 is 2.90 bits per heavy atom. The minimum Gasteiger partial charge on any atom is -0.384 e. The van der Waals surface area contributed by atoms with Crippen molar-refractivity contribution in [1.82, 2.24) is 19.9 Å². The second kappa shape index (κ2) is 8.04. The molecule has 0 aliphatic carbocycles. The molecule has 0 saturated heterocycles. The number of imidazole rings is 1. The van der Waals surface area contributed by atoms with E-state index in [0.29, 0.717) is 12.2 Å². The molecule has 2 rings (SSSR count). The molecule has 1 amide bonds. The van der Waals surface area contributed by atoms with E-state index in [1.54, 1.807) is 24.8 Å². The summed E-state index contributed by atoms with van der Waals surface area (Å²) in [5.41, 5.74) is 1.38. The Labute approximate surface area is 124 Å². The highest BCUT2D eigenvalue weighted by Crippen LogP contribution is 2.06. The van der Waals surface area contributed by atoms with Gasteiger partial charge >= 0.3 is 0 Å². The molecule has 0 radical (unpaired) electrons. The van der Waals surface area contributed by atoms with Crippen LogP contribution in [0, 0.1) is 0 Å². The standard InChI is InChI=1S/C15H21N5O/c1-2-6-17-13-4-5-14(19-11-13)15(21)18-7-3-9-20-10-8-16-12-20/h4-5,8,10-12,17H,2-3,6-7,9H2,1H3,(H,18,21). The van der Waals surface area contributed by atoms with Crippen LogP contribution in [-0.2, 0) is 6.54 Å². The van der Waals surface area contributed by atoms with Crippen LogP contribution in [-0.4, -0.2) is 33.5 Å². The van der Waals surface area contributed by atoms with Gasteiger partial charge in [0.2, 0.25) is 0 Å². The van der Waals surface area contributed by atoms with Crippen LogP contribution in [0.4, 0.5) is 5.69 Å². The molecule has 21 heavy (non-hydrogen) atoms. The minimum absolute atomic E-state index is 0.136. The van der Waals surface area contributed by atoms with Crippen molar-refractivity contribution >= 4 is 11.6 Å². The van der Waals surface area contributed by atoms with Crippen LogP contribution in [0.5, 0.6) is 0 Å². The lowest BCUT2D eigenvalue weighted by atomic mass is 10.3. The number of amides is 1. The van der Waals surface area contributed by atoms with Gasteiger partial charge in [0.1, 0.15) is 5.69 Å². The van der Waals surface area contributed by atoms with E-state index in [2.05, 4.69) is 27.5 Å². The Bertz CT molecular complexity index is 536. The Hall–Kier alpha value is -2.37. The van der Waals surface area contributed by atoms with Crippen LogP contribution in [0.15, 0.2) is 37.1 Å². The molecule has 0 aliphatic heterocycles. The number of carbonyl (C=O) groups excluding carboxylic acids is 1. The highest BCUT2D eigenvalue weighted by atomic mass is 16.1. The lowest BCUT2D eigenvalue weighted by molar-refractivity contribution is 0.0948. The number of aryl methyl sites for hydroxylation is 1. The van der Waals surface area contributed by atoms with Gasteiger partial charge in [-0.3, -0.25) is 4.79 Å². The maximum Gasteiger partial charge on any atom is 0.269 e. The summed E-state index contributed by atoms with van der Waals surface area (Å²) in [5.74, 6) is -0.136. The van der Waals surface area contributed by atoms with Gasteiger partial charge in [-0.1, -0.05) is 6.92 Å². The van der Waals surface area contributed by atoms with Crippen LogP contribution in [0.25, 0.3) is 0 Å². The zero-order valence-electron chi connectivity index (χ0n) is 12.2. The molecular weight excluding hydrogens is 266 g/mol. The number of pyridine rings is 1. The lowest BCUT2D eigenvalue weighted by Gasteiger charge is -2.07. The van der Waals surface area contributed by atoms with Crippen molar-refractivity contribution in [2.45, 2.75) is 26.3 Å². The number of anilines is 1. The number of carbonyl (C=O) groups is 1. The maximum absolute atomic E-state index is 11.9. The molecule has 2 aromatic rings. The first-order chi connectivity index (χ1) is 10.3. The van der Waals surface area contributed by atoms with Crippen molar-refractivity contribution in [3.8, 4) is 0 Å². The molecule has 0 saturated carbocycles. The van der Waals surface area contributed by atoms with Crippen molar-refractivity contribution in [1.29, 1.82) is 0 Å². The molecule has 0 aliphatic rings. The number of rotatable bonds is 8. The summed E-state index contributed by atoms with van der Waals surface area (Å²) < 4.78 is 1.98. The molecule has 0 atom stereocenters. The summed E-state index contributed by atoms with van der Waals surface area (Å²) in [6, 6.07) is 3.62. The van der Waals surface area contributed by atoms with E-state index < -0.39 is 0 Å². The van der Waals surface area contributed by atoms with Crippen molar-refractivity contribution in [3.05, 3.63) is 42.7 Å². The summed E-state index contributed by atoms with van der Waals surface area (Å²) in [7, 11) is 0. The molecule has 0 bridgehead atoms. The smallest absolute Gasteiger partial charge is 0.269 e. The fraction of sp³-hybridized carbons (Fsp3) is 0.400. The second-order valence-corrected chi connectivity index (χ2v) is 4.77. The van der Waals surface area contributed by atoms with Crippen molar-refractivity contribution in [2.24, 2.45) is 0 Å². The van der Waals surface area contributed by atoms with E-state index in [4.69, 9.17) is 0 Å². The Kier molecular flexibility index (Phi) is 5.75. The summed E-state index contributed by atoms with van der Waals surface area (Å²) in [5, 5.41) is 6.09. The molecule has 0 unspecified atom stereocenters. The third-order valence-corrected chi connectivity index (χ3v) is 3.01. The summed E-state index contributed by atoms with van der Waals surface area (Å²) >= 11 is 0. The van der Waals surface area contributed by atoms with Crippen LogP contribution < -0.4 is 10.6 Å². The van der Waals surface area contributed by atoms with E-state index in [0.717, 1.165) is 31.6 Å². The molecule has 2 aromatic heterocycles. The Balaban J connectivity index is 1.72. The molecular formula is C15H21N5O. The first-order valence-corrected chi connectivity index (χ1v) is 7.23. The van der Waals surface area contributed by atoms with Crippen LogP contribution >= 0.6 is 0 Å². The van der Waals surface area contributed by atoms with Gasteiger partial charge in [-0.15, -0.1) is 0 Å². The average molecular weight is 287 g/mol. The molecule has 112 valence electrons. The monoisotopic (exact) mass is 287 g/mol. The summed E-state index contributed by atoms with van der Waals surface area (Å²) in [4.78, 5) is 20.1. The summed E-state index contributed by atoms with van der Waals surface area (Å²) in [6.45, 7) is 4.47. The zero-order valence-corrected chi connectivity index (χ0v) is 12.2. The van der Waals surface area contributed by atoms with E-state index in [9.17, 15) is 4.79 Å². The molecule has 0 aromatic carbocycles. The van der Waals surface area contributed by atoms with Crippen LogP contribution in [0.2, 0.25) is 0 Å². The fourth-order valence-corrected chi connectivity index (χ4v) is 1.88. The van der Waals surface area contributed by atoms with Crippen molar-refractivity contribution in [2.75, 3.05) is 18.4 Å². The highest BCUT2D eigenvalue weighted by molar-refractivity contribution is 5.92. The predicted molar refractivity (Wildman–Crippen MR) is 82.2 cm³/mol. The van der Waals surface area contributed by atoms with Gasteiger partial charge in [0.25, 0.3) is 5.91 Å². The number of hydrogen-bond acceptors (Lipinski definition) is 4. The topological polar surface area (TPSA) is 71.8 Å². The molecule has 2 N–H and O–H groups in total. The highest BCUT2D eigenvalue weighted by Gasteiger charge is 2.06. The van der Waals surface area contributed by atoms with Gasteiger partial charge in [0, 0.05) is 32.0 Å². The van der Waals surface area contributed by atoms with Gasteiger partial charge in [0.15, 0.2) is 0 Å². The number of hydrogen-bond donors (Lipinski definition) is 2. The fourth-order valence-electron chi connectivity index (χ4n) is 1.88. The number of nitrogens with zero attached hydrogens (tertiary/aromatic N) is 3. The van der Waals surface area contributed by atoms with E-state index in [-0.39, 0.29) is 5.91 Å². The molecule has 2 heterocycles. The van der Waals surface area contributed by atoms with Crippen LogP contribution in [0.3, 0.4) is 0 Å². The normalized spacial score (nSPS) is 10.3. The van der Waals surface area contributed by atoms with Gasteiger partial charge in [-0.2, -0.15) is 0 Å². The summed E-state index contributed by atoms with van der Waals surface area (Å²) in [6.07, 6.45) is 9.03. The SMILES string of the molecule is CCCNc1ccc(C(=O)NCCCn2ccnc2)nc1. The van der Waals surface area contributed by atoms with Gasteiger partial charge < -0.3 is 15.2 Å². The lowest BCUT2D eigenvalue weighted by Crippen LogP contribution is -2.26. The average Bonchev–Trinajstić information content (AvgIpc) is 3.03. The number of aromatic nitrogens is 3. The van der Waals surface area contributed by atoms with Gasteiger partial charge in [-0.25, -0.2) is 9.97 Å². The molecule has 6 nitrogen and oxygen atoms in total. The predicted octanol–water partition coefficient (Wildman–Crippen LogP) is 1.92. The molecule has 0 fully saturated rings. The van der Waals surface area contributed by atoms with Gasteiger partial charge in [0.05, 0.1) is 18.2 Å². The largest absolute Gasteiger partial charge is 0.384 e. The van der Waals surface area contributed by atoms with Crippen molar-refractivity contribution in [3.63, 3.8) is 0 Å². The zero-order chi connectivity index (χ0) is 14.9. The van der Waals surface area contributed by atoms with E-state index >= 15 is 0 Å². The third kappa shape index (κ3) is 4.91. The molecule has 0 spiro atoms. The van der Waals surface area contributed by atoms with Crippen molar-refractivity contribution < 1.29 is 4.79 Å². The second-order valence-electron chi connectivity index (χ2n) is 4.77. The Morgan fingerprint density at radius 2 is 2.24 bits per heavy atom. The third-order valence-electron chi connectivity index (χ3n) is 3.01. The molecule has 6 heteroatoms. The quantitative estimate of drug-likeness (QED) is 0.728. The minimum atomic E-state index is -0.136. The Morgan fingerprint density at radius 1 is 1.33 bits per heavy atom. The first kappa shape index (κ1) is 15.0. The van der Waals surface area contributed by atoms with E-state index in [1.165, 1.54) is 0 Å². The van der Waals surface area contributed by atoms with E-state index in [1.807, 2.05) is 16.8 Å². The first-order valence-electron chi connectivity index (χ1n) is 7.23. The maximum atomic E-state index is 11.9. The number of nitrogens with one attached hydrogen (secondary N) is 2. The van der Waals surface area contributed by atoms with Gasteiger partial charge in [-0.05, 0) is 25.0 Å². The van der Waals surface area contributed by atoms with Crippen LogP contribution in [0.1, 0.15) is 30.3 Å².